The fourth-order valence-corrected chi connectivity index (χ4v) is 2.63. The number of carbonyl (C=O) groups is 1. The SMILES string of the molecule is CCCCCC(Oc1ccccc1)(Oc1ccccc1)C(=O)OC(C)(C)C. The number of hydrogen-bond donors (Lipinski definition) is 0. The zero-order valence-electron chi connectivity index (χ0n) is 16.7. The van der Waals surface area contributed by atoms with Gasteiger partial charge in [0, 0.05) is 6.42 Å². The number of ether oxygens (including phenoxy) is 3. The van der Waals surface area contributed by atoms with E-state index in [9.17, 15) is 4.79 Å². The molecule has 0 atom stereocenters. The first-order valence-corrected chi connectivity index (χ1v) is 9.56. The molecule has 0 bridgehead atoms. The minimum atomic E-state index is -1.54. The summed E-state index contributed by atoms with van der Waals surface area (Å²) in [6, 6.07) is 18.5. The number of carbonyl (C=O) groups excluding carboxylic acids is 1. The maximum Gasteiger partial charge on any atom is 0.393 e. The van der Waals surface area contributed by atoms with Gasteiger partial charge in [0.25, 0.3) is 0 Å². The lowest BCUT2D eigenvalue weighted by atomic mass is 10.1. The van der Waals surface area contributed by atoms with Gasteiger partial charge < -0.3 is 14.2 Å². The van der Waals surface area contributed by atoms with Crippen LogP contribution in [0.25, 0.3) is 0 Å². The van der Waals surface area contributed by atoms with E-state index in [-0.39, 0.29) is 0 Å². The monoisotopic (exact) mass is 370 g/mol. The molecule has 4 nitrogen and oxygen atoms in total. The first-order valence-electron chi connectivity index (χ1n) is 9.56. The molecular weight excluding hydrogens is 340 g/mol. The highest BCUT2D eigenvalue weighted by molar-refractivity contribution is 5.79. The average molecular weight is 370 g/mol. The molecule has 0 aromatic heterocycles. The molecule has 2 rings (SSSR count). The van der Waals surface area contributed by atoms with Crippen LogP contribution in [0.15, 0.2) is 60.7 Å². The van der Waals surface area contributed by atoms with Crippen molar-refractivity contribution in [1.82, 2.24) is 0 Å². The first-order chi connectivity index (χ1) is 12.8. The minimum Gasteiger partial charge on any atom is -0.454 e. The van der Waals surface area contributed by atoms with Crippen LogP contribution in [0.3, 0.4) is 0 Å². The Kier molecular flexibility index (Phi) is 7.28. The summed E-state index contributed by atoms with van der Waals surface area (Å²) >= 11 is 0. The predicted molar refractivity (Wildman–Crippen MR) is 107 cm³/mol. The van der Waals surface area contributed by atoms with Gasteiger partial charge in [0.2, 0.25) is 0 Å². The summed E-state index contributed by atoms with van der Waals surface area (Å²) in [5.41, 5.74) is -0.646. The molecule has 2 aromatic rings. The van der Waals surface area contributed by atoms with Crippen molar-refractivity contribution in [2.24, 2.45) is 0 Å². The highest BCUT2D eigenvalue weighted by Crippen LogP contribution is 2.30. The van der Waals surface area contributed by atoms with E-state index in [1.54, 1.807) is 0 Å². The third-order valence-corrected chi connectivity index (χ3v) is 3.87. The molecule has 0 aliphatic rings. The van der Waals surface area contributed by atoms with Crippen LogP contribution in [0.2, 0.25) is 0 Å². The summed E-state index contributed by atoms with van der Waals surface area (Å²) in [7, 11) is 0. The third kappa shape index (κ3) is 6.63. The smallest absolute Gasteiger partial charge is 0.393 e. The van der Waals surface area contributed by atoms with Crippen molar-refractivity contribution in [2.75, 3.05) is 0 Å². The zero-order chi connectivity index (χ0) is 19.8. The van der Waals surface area contributed by atoms with Crippen LogP contribution in [0, 0.1) is 0 Å². The van der Waals surface area contributed by atoms with Crippen LogP contribution in [0.4, 0.5) is 0 Å². The molecule has 2 aromatic carbocycles. The Morgan fingerprint density at radius 2 is 1.30 bits per heavy atom. The second-order valence-electron chi connectivity index (χ2n) is 7.54. The summed E-state index contributed by atoms with van der Waals surface area (Å²) in [4.78, 5) is 13.2. The molecule has 27 heavy (non-hydrogen) atoms. The Morgan fingerprint density at radius 1 is 0.815 bits per heavy atom. The summed E-state index contributed by atoms with van der Waals surface area (Å²) < 4.78 is 18.0. The van der Waals surface area contributed by atoms with E-state index in [1.165, 1.54) is 0 Å². The second kappa shape index (κ2) is 9.45. The van der Waals surface area contributed by atoms with E-state index in [2.05, 4.69) is 6.92 Å². The molecule has 0 spiro atoms. The molecule has 4 heteroatoms. The van der Waals surface area contributed by atoms with E-state index >= 15 is 0 Å². The molecule has 0 saturated carbocycles. The predicted octanol–water partition coefficient (Wildman–Crippen LogP) is 5.76. The van der Waals surface area contributed by atoms with Gasteiger partial charge in [-0.2, -0.15) is 0 Å². The van der Waals surface area contributed by atoms with E-state index in [0.29, 0.717) is 17.9 Å². The normalized spacial score (nSPS) is 11.7. The van der Waals surface area contributed by atoms with Crippen LogP contribution in [0.5, 0.6) is 11.5 Å². The van der Waals surface area contributed by atoms with Gasteiger partial charge >= 0.3 is 11.8 Å². The van der Waals surface area contributed by atoms with Crippen LogP contribution in [-0.2, 0) is 9.53 Å². The quantitative estimate of drug-likeness (QED) is 0.320. The van der Waals surface area contributed by atoms with Crippen molar-refractivity contribution in [3.63, 3.8) is 0 Å². The van der Waals surface area contributed by atoms with Crippen LogP contribution in [-0.4, -0.2) is 17.4 Å². The summed E-state index contributed by atoms with van der Waals surface area (Å²) in [5, 5.41) is 0. The second-order valence-corrected chi connectivity index (χ2v) is 7.54. The molecule has 0 N–H and O–H groups in total. The molecule has 0 amide bonds. The molecule has 0 heterocycles. The molecule has 0 aliphatic carbocycles. The lowest BCUT2D eigenvalue weighted by Gasteiger charge is -2.35. The van der Waals surface area contributed by atoms with Crippen molar-refractivity contribution in [3.8, 4) is 11.5 Å². The van der Waals surface area contributed by atoms with Crippen molar-refractivity contribution in [1.29, 1.82) is 0 Å². The average Bonchev–Trinajstić information content (AvgIpc) is 2.62. The van der Waals surface area contributed by atoms with E-state index in [4.69, 9.17) is 14.2 Å². The van der Waals surface area contributed by atoms with Gasteiger partial charge in [0.1, 0.15) is 17.1 Å². The van der Waals surface area contributed by atoms with Crippen molar-refractivity contribution < 1.29 is 19.0 Å². The molecule has 0 saturated heterocycles. The summed E-state index contributed by atoms with van der Waals surface area (Å²) in [5.74, 6) is -0.920. The van der Waals surface area contributed by atoms with Gasteiger partial charge in [-0.15, -0.1) is 0 Å². The molecule has 0 aliphatic heterocycles. The Labute approximate surface area is 162 Å². The van der Waals surface area contributed by atoms with E-state index in [0.717, 1.165) is 19.3 Å². The molecule has 0 unspecified atom stereocenters. The fourth-order valence-electron chi connectivity index (χ4n) is 2.63. The number of unbranched alkanes of at least 4 members (excludes halogenated alkanes) is 2. The molecule has 0 radical (unpaired) electrons. The van der Waals surface area contributed by atoms with E-state index in [1.807, 2.05) is 81.4 Å². The lowest BCUT2D eigenvalue weighted by Crippen LogP contribution is -2.53. The number of rotatable bonds is 9. The van der Waals surface area contributed by atoms with Crippen molar-refractivity contribution in [2.45, 2.75) is 64.8 Å². The largest absolute Gasteiger partial charge is 0.454 e. The van der Waals surface area contributed by atoms with Crippen LogP contribution >= 0.6 is 0 Å². The van der Waals surface area contributed by atoms with Crippen LogP contribution < -0.4 is 9.47 Å². The standard InChI is InChI=1S/C23H30O4/c1-5-6-13-18-23(21(24)27-22(2,3)4,25-19-14-9-7-10-15-19)26-20-16-11-8-12-17-20/h7-12,14-17H,5-6,13,18H2,1-4H3. The molecule has 0 fully saturated rings. The number of para-hydroxylation sites is 2. The zero-order valence-corrected chi connectivity index (χ0v) is 16.7. The van der Waals surface area contributed by atoms with Gasteiger partial charge in [-0.25, -0.2) is 4.79 Å². The van der Waals surface area contributed by atoms with Gasteiger partial charge in [-0.3, -0.25) is 0 Å². The molecular formula is C23H30O4. The highest BCUT2D eigenvalue weighted by Gasteiger charge is 2.47. The van der Waals surface area contributed by atoms with Crippen molar-refractivity contribution >= 4 is 5.97 Å². The Hall–Kier alpha value is -2.49. The minimum absolute atomic E-state index is 0.402. The third-order valence-electron chi connectivity index (χ3n) is 3.87. The number of hydrogen-bond acceptors (Lipinski definition) is 4. The first kappa shape index (κ1) is 20.8. The topological polar surface area (TPSA) is 44.8 Å². The fraction of sp³-hybridized carbons (Fsp3) is 0.435. The summed E-state index contributed by atoms with van der Waals surface area (Å²) in [6.07, 6.45) is 3.19. The van der Waals surface area contributed by atoms with E-state index < -0.39 is 17.4 Å². The highest BCUT2D eigenvalue weighted by atomic mass is 16.7. The van der Waals surface area contributed by atoms with Crippen molar-refractivity contribution in [3.05, 3.63) is 60.7 Å². The Morgan fingerprint density at radius 3 is 1.70 bits per heavy atom. The Bertz CT molecular complexity index is 648. The lowest BCUT2D eigenvalue weighted by molar-refractivity contribution is -0.205. The van der Waals surface area contributed by atoms with Crippen LogP contribution in [0.1, 0.15) is 53.4 Å². The summed E-state index contributed by atoms with van der Waals surface area (Å²) in [6.45, 7) is 7.64. The Balaban J connectivity index is 2.40. The molecule has 146 valence electrons. The number of esters is 1. The van der Waals surface area contributed by atoms with Gasteiger partial charge in [0.05, 0.1) is 0 Å². The maximum atomic E-state index is 13.2. The van der Waals surface area contributed by atoms with Gasteiger partial charge in [-0.05, 0) is 51.5 Å². The maximum absolute atomic E-state index is 13.2. The number of benzene rings is 2. The van der Waals surface area contributed by atoms with Gasteiger partial charge in [-0.1, -0.05) is 56.2 Å². The van der Waals surface area contributed by atoms with Gasteiger partial charge in [0.15, 0.2) is 0 Å².